The van der Waals surface area contributed by atoms with Gasteiger partial charge in [0.05, 0.1) is 19.3 Å². The van der Waals surface area contributed by atoms with Crippen LogP contribution in [0.1, 0.15) is 23.7 Å². The minimum absolute atomic E-state index is 0.0300. The second kappa shape index (κ2) is 5.34. The summed E-state index contributed by atoms with van der Waals surface area (Å²) >= 11 is 0. The van der Waals surface area contributed by atoms with Crippen molar-refractivity contribution >= 4 is 11.7 Å². The molecule has 0 aliphatic carbocycles. The van der Waals surface area contributed by atoms with Gasteiger partial charge in [0, 0.05) is 11.8 Å². The molecule has 1 aromatic carbocycles. The fraction of sp³-hybridized carbons (Fsp3) is 0.364. The van der Waals surface area contributed by atoms with Crippen LogP contribution in [-0.4, -0.2) is 19.7 Å². The quantitative estimate of drug-likeness (QED) is 0.631. The summed E-state index contributed by atoms with van der Waals surface area (Å²) in [7, 11) is 1.32. The Labute approximate surface area is 93.2 Å². The molecular formula is C11H14FNO3. The summed E-state index contributed by atoms with van der Waals surface area (Å²) in [6, 6.07) is 2.28. The first kappa shape index (κ1) is 12.3. The van der Waals surface area contributed by atoms with Crippen molar-refractivity contribution in [3.8, 4) is 5.75 Å². The molecule has 16 heavy (non-hydrogen) atoms. The molecule has 5 heteroatoms. The molecular weight excluding hydrogens is 213 g/mol. The van der Waals surface area contributed by atoms with Gasteiger partial charge in [0.1, 0.15) is 0 Å². The summed E-state index contributed by atoms with van der Waals surface area (Å²) < 4.78 is 22.8. The molecule has 0 saturated carbocycles. The number of rotatable bonds is 4. The van der Waals surface area contributed by atoms with Crippen molar-refractivity contribution < 1.29 is 18.7 Å². The van der Waals surface area contributed by atoms with E-state index in [-0.39, 0.29) is 17.0 Å². The van der Waals surface area contributed by atoms with Gasteiger partial charge in [-0.05, 0) is 12.5 Å². The number of benzene rings is 1. The number of nitrogen functional groups attached to an aromatic ring is 1. The Hall–Kier alpha value is -1.78. The first-order valence-corrected chi connectivity index (χ1v) is 4.90. The molecule has 4 nitrogen and oxygen atoms in total. The number of carbonyl (C=O) groups excluding carboxylic acids is 1. The van der Waals surface area contributed by atoms with Crippen LogP contribution in [0.15, 0.2) is 12.1 Å². The van der Waals surface area contributed by atoms with Crippen molar-refractivity contribution in [3.63, 3.8) is 0 Å². The first-order chi connectivity index (χ1) is 7.60. The van der Waals surface area contributed by atoms with Gasteiger partial charge in [-0.2, -0.15) is 0 Å². The van der Waals surface area contributed by atoms with Crippen LogP contribution >= 0.6 is 0 Å². The maximum atomic E-state index is 13.2. The predicted molar refractivity (Wildman–Crippen MR) is 57.9 cm³/mol. The molecule has 0 unspecified atom stereocenters. The number of ether oxygens (including phenoxy) is 2. The zero-order valence-electron chi connectivity index (χ0n) is 9.25. The number of hydrogen-bond donors (Lipinski definition) is 1. The SMILES string of the molecule is CCCOC(=O)c1cc(OC)c(F)cc1N. The smallest absolute Gasteiger partial charge is 0.340 e. The lowest BCUT2D eigenvalue weighted by atomic mass is 10.1. The molecule has 0 aliphatic rings. The monoisotopic (exact) mass is 227 g/mol. The van der Waals surface area contributed by atoms with E-state index in [2.05, 4.69) is 0 Å². The number of carbonyl (C=O) groups is 1. The van der Waals surface area contributed by atoms with Gasteiger partial charge < -0.3 is 15.2 Å². The molecule has 0 aliphatic heterocycles. The van der Waals surface area contributed by atoms with E-state index in [0.717, 1.165) is 6.07 Å². The van der Waals surface area contributed by atoms with Crippen LogP contribution in [-0.2, 0) is 4.74 Å². The lowest BCUT2D eigenvalue weighted by molar-refractivity contribution is 0.0506. The van der Waals surface area contributed by atoms with Crippen molar-refractivity contribution in [1.29, 1.82) is 0 Å². The Bertz CT molecular complexity index is 393. The molecule has 0 fully saturated rings. The van der Waals surface area contributed by atoms with Gasteiger partial charge in [-0.15, -0.1) is 0 Å². The lowest BCUT2D eigenvalue weighted by Crippen LogP contribution is -2.09. The molecule has 0 bridgehead atoms. The first-order valence-electron chi connectivity index (χ1n) is 4.90. The zero-order valence-corrected chi connectivity index (χ0v) is 9.25. The van der Waals surface area contributed by atoms with E-state index in [1.807, 2.05) is 6.92 Å². The van der Waals surface area contributed by atoms with Crippen LogP contribution in [0.3, 0.4) is 0 Å². The average Bonchev–Trinajstić information content (AvgIpc) is 2.26. The van der Waals surface area contributed by atoms with Crippen LogP contribution in [0.2, 0.25) is 0 Å². The minimum Gasteiger partial charge on any atom is -0.494 e. The van der Waals surface area contributed by atoms with E-state index >= 15 is 0 Å². The molecule has 0 aromatic heterocycles. The summed E-state index contributed by atoms with van der Waals surface area (Å²) in [5, 5.41) is 0. The highest BCUT2D eigenvalue weighted by atomic mass is 19.1. The summed E-state index contributed by atoms with van der Waals surface area (Å²) in [6.45, 7) is 2.18. The Kier molecular flexibility index (Phi) is 4.10. The van der Waals surface area contributed by atoms with Crippen molar-refractivity contribution in [1.82, 2.24) is 0 Å². The van der Waals surface area contributed by atoms with Crippen molar-refractivity contribution in [2.24, 2.45) is 0 Å². The Morgan fingerprint density at radius 3 is 2.75 bits per heavy atom. The Morgan fingerprint density at radius 2 is 2.19 bits per heavy atom. The second-order valence-corrected chi connectivity index (χ2v) is 3.21. The number of hydrogen-bond acceptors (Lipinski definition) is 4. The molecule has 1 aromatic rings. The molecule has 2 N–H and O–H groups in total. The summed E-state index contributed by atoms with van der Waals surface area (Å²) in [4.78, 5) is 11.5. The third-order valence-electron chi connectivity index (χ3n) is 1.98. The normalized spacial score (nSPS) is 9.94. The van der Waals surface area contributed by atoms with Gasteiger partial charge in [-0.1, -0.05) is 6.92 Å². The number of halogens is 1. The molecule has 0 spiro atoms. The lowest BCUT2D eigenvalue weighted by Gasteiger charge is -2.08. The highest BCUT2D eigenvalue weighted by Crippen LogP contribution is 2.24. The van der Waals surface area contributed by atoms with Crippen molar-refractivity contribution in [3.05, 3.63) is 23.5 Å². The van der Waals surface area contributed by atoms with Crippen molar-refractivity contribution in [2.45, 2.75) is 13.3 Å². The van der Waals surface area contributed by atoms with Crippen LogP contribution in [0.5, 0.6) is 5.75 Å². The number of methoxy groups -OCH3 is 1. The highest BCUT2D eigenvalue weighted by Gasteiger charge is 2.15. The number of nitrogens with two attached hydrogens (primary N) is 1. The summed E-state index contributed by atoms with van der Waals surface area (Å²) in [5.74, 6) is -1.21. The molecule has 0 saturated heterocycles. The van der Waals surface area contributed by atoms with E-state index < -0.39 is 11.8 Å². The highest BCUT2D eigenvalue weighted by molar-refractivity contribution is 5.95. The zero-order chi connectivity index (χ0) is 12.1. The van der Waals surface area contributed by atoms with E-state index in [4.69, 9.17) is 15.2 Å². The fourth-order valence-corrected chi connectivity index (χ4v) is 1.17. The Balaban J connectivity index is 2.99. The van der Waals surface area contributed by atoms with Gasteiger partial charge in [0.15, 0.2) is 11.6 Å². The van der Waals surface area contributed by atoms with Gasteiger partial charge >= 0.3 is 5.97 Å². The van der Waals surface area contributed by atoms with E-state index in [1.54, 1.807) is 0 Å². The van der Waals surface area contributed by atoms with Crippen LogP contribution in [0.4, 0.5) is 10.1 Å². The van der Waals surface area contributed by atoms with Gasteiger partial charge in [0.25, 0.3) is 0 Å². The minimum atomic E-state index is -0.605. The average molecular weight is 227 g/mol. The van der Waals surface area contributed by atoms with Gasteiger partial charge in [-0.25, -0.2) is 9.18 Å². The summed E-state index contributed by atoms with van der Waals surface area (Å²) in [6.07, 6.45) is 0.712. The van der Waals surface area contributed by atoms with Crippen LogP contribution in [0.25, 0.3) is 0 Å². The topological polar surface area (TPSA) is 61.5 Å². The van der Waals surface area contributed by atoms with Crippen LogP contribution in [0, 0.1) is 5.82 Å². The predicted octanol–water partition coefficient (Wildman–Crippen LogP) is 1.98. The van der Waals surface area contributed by atoms with Crippen LogP contribution < -0.4 is 10.5 Å². The number of esters is 1. The van der Waals surface area contributed by atoms with Gasteiger partial charge in [-0.3, -0.25) is 0 Å². The third kappa shape index (κ3) is 2.62. The molecule has 0 heterocycles. The van der Waals surface area contributed by atoms with E-state index in [1.165, 1.54) is 13.2 Å². The number of anilines is 1. The van der Waals surface area contributed by atoms with Gasteiger partial charge in [0.2, 0.25) is 0 Å². The van der Waals surface area contributed by atoms with E-state index in [9.17, 15) is 9.18 Å². The largest absolute Gasteiger partial charge is 0.494 e. The second-order valence-electron chi connectivity index (χ2n) is 3.21. The molecule has 1 rings (SSSR count). The summed E-state index contributed by atoms with van der Waals surface area (Å²) in [5.41, 5.74) is 5.68. The third-order valence-corrected chi connectivity index (χ3v) is 1.98. The fourth-order valence-electron chi connectivity index (χ4n) is 1.17. The molecule has 0 radical (unpaired) electrons. The van der Waals surface area contributed by atoms with E-state index in [0.29, 0.717) is 13.0 Å². The Morgan fingerprint density at radius 1 is 1.50 bits per heavy atom. The molecule has 0 atom stereocenters. The standard InChI is InChI=1S/C11H14FNO3/c1-3-4-16-11(14)7-5-10(15-2)8(12)6-9(7)13/h5-6H,3-4,13H2,1-2H3. The van der Waals surface area contributed by atoms with Crippen molar-refractivity contribution in [2.75, 3.05) is 19.5 Å². The molecule has 88 valence electrons. The maximum absolute atomic E-state index is 13.2. The maximum Gasteiger partial charge on any atom is 0.340 e. The molecule has 0 amide bonds.